The summed E-state index contributed by atoms with van der Waals surface area (Å²) in [7, 11) is 0. The number of carbonyl (C=O) groups excluding carboxylic acids is 1. The lowest BCUT2D eigenvalue weighted by Crippen LogP contribution is -2.30. The molecule has 0 aliphatic carbocycles. The topological polar surface area (TPSA) is 38.3 Å². The molecule has 1 saturated heterocycles. The molecule has 2 aromatic rings. The quantitative estimate of drug-likeness (QED) is 0.863. The van der Waals surface area contributed by atoms with Crippen molar-refractivity contribution >= 4 is 5.78 Å². The van der Waals surface area contributed by atoms with E-state index in [1.54, 1.807) is 0 Å². The van der Waals surface area contributed by atoms with Crippen molar-refractivity contribution in [1.82, 2.24) is 5.32 Å². The minimum Gasteiger partial charge on any atom is -0.457 e. The molecule has 1 fully saturated rings. The minimum atomic E-state index is -0.0177. The number of hydrogen-bond donors (Lipinski definition) is 1. The summed E-state index contributed by atoms with van der Waals surface area (Å²) in [6, 6.07) is 17.0. The molecule has 0 aromatic heterocycles. The van der Waals surface area contributed by atoms with E-state index in [2.05, 4.69) is 5.32 Å². The summed E-state index contributed by atoms with van der Waals surface area (Å²) in [5.74, 6) is 1.71. The van der Waals surface area contributed by atoms with Gasteiger partial charge in [0.2, 0.25) is 0 Å². The number of carbonyl (C=O) groups is 1. The predicted octanol–water partition coefficient (Wildman–Crippen LogP) is 3.41. The van der Waals surface area contributed by atoms with Crippen molar-refractivity contribution in [3.05, 3.63) is 60.2 Å². The zero-order chi connectivity index (χ0) is 13.8. The van der Waals surface area contributed by atoms with Crippen LogP contribution in [-0.2, 0) is 0 Å². The van der Waals surface area contributed by atoms with E-state index in [1.165, 1.54) is 0 Å². The van der Waals surface area contributed by atoms with Gasteiger partial charge >= 0.3 is 0 Å². The Hall–Kier alpha value is -2.13. The summed E-state index contributed by atoms with van der Waals surface area (Å²) in [6.07, 6.45) is 2.01. The molecule has 1 aliphatic rings. The minimum absolute atomic E-state index is 0.0177. The second-order valence-corrected chi connectivity index (χ2v) is 4.95. The van der Waals surface area contributed by atoms with Crippen molar-refractivity contribution < 1.29 is 9.53 Å². The molecule has 3 nitrogen and oxygen atoms in total. The van der Waals surface area contributed by atoms with Crippen LogP contribution in [-0.4, -0.2) is 18.4 Å². The number of hydrogen-bond acceptors (Lipinski definition) is 3. The number of para-hydroxylation sites is 1. The average molecular weight is 267 g/mol. The van der Waals surface area contributed by atoms with Crippen LogP contribution in [0, 0.1) is 0 Å². The Labute approximate surface area is 118 Å². The van der Waals surface area contributed by atoms with E-state index < -0.39 is 0 Å². The van der Waals surface area contributed by atoms with Crippen LogP contribution in [0.2, 0.25) is 0 Å². The summed E-state index contributed by atoms with van der Waals surface area (Å²) in [6.45, 7) is 0.936. The normalized spacial score (nSPS) is 17.9. The summed E-state index contributed by atoms with van der Waals surface area (Å²) >= 11 is 0. The Kier molecular flexibility index (Phi) is 3.79. The van der Waals surface area contributed by atoms with Gasteiger partial charge in [0.15, 0.2) is 5.78 Å². The van der Waals surface area contributed by atoms with Crippen molar-refractivity contribution in [1.29, 1.82) is 0 Å². The van der Waals surface area contributed by atoms with Crippen molar-refractivity contribution in [2.24, 2.45) is 0 Å². The molecule has 1 unspecified atom stereocenters. The van der Waals surface area contributed by atoms with Crippen molar-refractivity contribution in [3.63, 3.8) is 0 Å². The van der Waals surface area contributed by atoms with Crippen LogP contribution >= 0.6 is 0 Å². The molecule has 3 heteroatoms. The highest BCUT2D eigenvalue weighted by Gasteiger charge is 2.22. The van der Waals surface area contributed by atoms with Gasteiger partial charge in [-0.2, -0.15) is 0 Å². The Balaban J connectivity index is 1.69. The highest BCUT2D eigenvalue weighted by molar-refractivity contribution is 6.00. The average Bonchev–Trinajstić information content (AvgIpc) is 3.03. The molecule has 1 atom stereocenters. The zero-order valence-electron chi connectivity index (χ0n) is 11.2. The first-order valence-electron chi connectivity index (χ1n) is 6.93. The predicted molar refractivity (Wildman–Crippen MR) is 78.3 cm³/mol. The monoisotopic (exact) mass is 267 g/mol. The summed E-state index contributed by atoms with van der Waals surface area (Å²) < 4.78 is 5.71. The lowest BCUT2D eigenvalue weighted by molar-refractivity contribution is 0.0952. The smallest absolute Gasteiger partial charge is 0.179 e. The molecule has 2 aromatic carbocycles. The Bertz CT molecular complexity index is 572. The highest BCUT2D eigenvalue weighted by atomic mass is 16.5. The first-order valence-corrected chi connectivity index (χ1v) is 6.93. The van der Waals surface area contributed by atoms with Crippen LogP contribution in [0.25, 0.3) is 0 Å². The number of Topliss-reactive ketones (excluding diaryl/α,β-unsaturated/α-hetero) is 1. The fourth-order valence-corrected chi connectivity index (χ4v) is 2.42. The molecule has 1 aliphatic heterocycles. The number of ketones is 1. The van der Waals surface area contributed by atoms with Crippen LogP contribution < -0.4 is 10.1 Å². The molecule has 1 heterocycles. The van der Waals surface area contributed by atoms with Gasteiger partial charge < -0.3 is 10.1 Å². The van der Waals surface area contributed by atoms with Crippen LogP contribution in [0.1, 0.15) is 23.2 Å². The van der Waals surface area contributed by atoms with Crippen LogP contribution in [0.4, 0.5) is 0 Å². The molecule has 3 rings (SSSR count). The van der Waals surface area contributed by atoms with Gasteiger partial charge in [-0.25, -0.2) is 0 Å². The maximum Gasteiger partial charge on any atom is 0.179 e. The third-order valence-electron chi connectivity index (χ3n) is 3.49. The maximum atomic E-state index is 12.2. The van der Waals surface area contributed by atoms with Crippen molar-refractivity contribution in [3.8, 4) is 11.5 Å². The van der Waals surface area contributed by atoms with E-state index in [4.69, 9.17) is 4.74 Å². The molecule has 0 bridgehead atoms. The van der Waals surface area contributed by atoms with Gasteiger partial charge in [-0.15, -0.1) is 0 Å². The van der Waals surface area contributed by atoms with Gasteiger partial charge in [-0.1, -0.05) is 18.2 Å². The molecular formula is C17H17NO2. The lowest BCUT2D eigenvalue weighted by atomic mass is 10.0. The van der Waals surface area contributed by atoms with E-state index in [0.717, 1.165) is 36.4 Å². The van der Waals surface area contributed by atoms with Gasteiger partial charge in [0, 0.05) is 5.56 Å². The van der Waals surface area contributed by atoms with Gasteiger partial charge in [-0.05, 0) is 55.8 Å². The standard InChI is InChI=1S/C17H17NO2/c19-17(16-7-4-12-18-16)13-8-10-15(11-9-13)20-14-5-2-1-3-6-14/h1-3,5-6,8-11,16,18H,4,7,12H2. The third-order valence-corrected chi connectivity index (χ3v) is 3.49. The van der Waals surface area contributed by atoms with Gasteiger partial charge in [0.1, 0.15) is 11.5 Å². The van der Waals surface area contributed by atoms with Crippen molar-refractivity contribution in [2.75, 3.05) is 6.54 Å². The first-order chi connectivity index (χ1) is 9.83. The summed E-state index contributed by atoms with van der Waals surface area (Å²) in [4.78, 5) is 12.2. The molecule has 20 heavy (non-hydrogen) atoms. The number of rotatable bonds is 4. The number of nitrogens with one attached hydrogen (secondary N) is 1. The first kappa shape index (κ1) is 12.9. The molecule has 0 radical (unpaired) electrons. The molecule has 0 amide bonds. The second kappa shape index (κ2) is 5.88. The van der Waals surface area contributed by atoms with E-state index >= 15 is 0 Å². The largest absolute Gasteiger partial charge is 0.457 e. The molecule has 0 saturated carbocycles. The van der Waals surface area contributed by atoms with E-state index in [9.17, 15) is 4.79 Å². The number of ether oxygens (including phenoxy) is 1. The van der Waals surface area contributed by atoms with E-state index in [1.807, 2.05) is 54.6 Å². The van der Waals surface area contributed by atoms with E-state index in [0.29, 0.717) is 0 Å². The number of benzene rings is 2. The highest BCUT2D eigenvalue weighted by Crippen LogP contribution is 2.22. The third kappa shape index (κ3) is 2.89. The van der Waals surface area contributed by atoms with Crippen LogP contribution in [0.5, 0.6) is 11.5 Å². The second-order valence-electron chi connectivity index (χ2n) is 4.95. The Morgan fingerprint density at radius 1 is 1.00 bits per heavy atom. The molecule has 1 N–H and O–H groups in total. The van der Waals surface area contributed by atoms with Crippen molar-refractivity contribution in [2.45, 2.75) is 18.9 Å². The Morgan fingerprint density at radius 3 is 2.35 bits per heavy atom. The van der Waals surface area contributed by atoms with Crippen LogP contribution in [0.15, 0.2) is 54.6 Å². The summed E-state index contributed by atoms with van der Waals surface area (Å²) in [5.41, 5.74) is 0.741. The molecule has 0 spiro atoms. The molecule has 102 valence electrons. The zero-order valence-corrected chi connectivity index (χ0v) is 11.2. The lowest BCUT2D eigenvalue weighted by Gasteiger charge is -2.10. The van der Waals surface area contributed by atoms with Gasteiger partial charge in [0.25, 0.3) is 0 Å². The van der Waals surface area contributed by atoms with E-state index in [-0.39, 0.29) is 11.8 Å². The fraction of sp³-hybridized carbons (Fsp3) is 0.235. The maximum absolute atomic E-state index is 12.2. The van der Waals surface area contributed by atoms with Gasteiger partial charge in [0.05, 0.1) is 6.04 Å². The van der Waals surface area contributed by atoms with Crippen LogP contribution in [0.3, 0.4) is 0 Å². The Morgan fingerprint density at radius 2 is 1.70 bits per heavy atom. The van der Waals surface area contributed by atoms with Gasteiger partial charge in [-0.3, -0.25) is 4.79 Å². The molecular weight excluding hydrogens is 250 g/mol. The SMILES string of the molecule is O=C(c1ccc(Oc2ccccc2)cc1)C1CCCN1. The summed E-state index contributed by atoms with van der Waals surface area (Å²) in [5, 5.41) is 3.23. The fourth-order valence-electron chi connectivity index (χ4n) is 2.42.